The molecule has 0 unspecified atom stereocenters. The summed E-state index contributed by atoms with van der Waals surface area (Å²) in [6.45, 7) is -0.707. The minimum absolute atomic E-state index is 0.0775. The highest BCUT2D eigenvalue weighted by atomic mass is 17.0. The third-order valence-corrected chi connectivity index (χ3v) is 5.04. The molecule has 0 aromatic heterocycles. The van der Waals surface area contributed by atoms with Gasteiger partial charge in [-0.1, -0.05) is 19.3 Å². The maximum absolute atomic E-state index is 12.7. The van der Waals surface area contributed by atoms with E-state index in [9.17, 15) is 29.9 Å². The summed E-state index contributed by atoms with van der Waals surface area (Å²) in [4.78, 5) is 39.9. The van der Waals surface area contributed by atoms with Crippen molar-refractivity contribution in [3.8, 4) is 0 Å². The molecule has 0 amide bonds. The summed E-state index contributed by atoms with van der Waals surface area (Å²) in [5, 5.41) is 29.1. The van der Waals surface area contributed by atoms with E-state index in [1.54, 1.807) is 0 Å². The van der Waals surface area contributed by atoms with Gasteiger partial charge in [0, 0.05) is 0 Å². The second-order valence-electron chi connectivity index (χ2n) is 6.56. The molecule has 1 aliphatic carbocycles. The fourth-order valence-electron chi connectivity index (χ4n) is 3.69. The quantitative estimate of drug-likeness (QED) is 0.218. The largest absolute Gasteiger partial charge is 0.480 e. The number of aliphatic carboxylic acids is 1. The molecule has 0 aromatic rings. The Morgan fingerprint density at radius 3 is 2.48 bits per heavy atom. The van der Waals surface area contributed by atoms with Gasteiger partial charge in [-0.25, -0.2) is 0 Å². The van der Waals surface area contributed by atoms with Crippen LogP contribution in [0.2, 0.25) is 0 Å². The van der Waals surface area contributed by atoms with Crippen LogP contribution < -0.4 is 0 Å². The van der Waals surface area contributed by atoms with Crippen molar-refractivity contribution >= 4 is 11.9 Å². The molecule has 3 fully saturated rings. The van der Waals surface area contributed by atoms with Crippen molar-refractivity contribution in [3.05, 3.63) is 10.1 Å². The van der Waals surface area contributed by atoms with Crippen LogP contribution in [0.1, 0.15) is 32.1 Å². The lowest BCUT2D eigenvalue weighted by atomic mass is 9.74. The summed E-state index contributed by atoms with van der Waals surface area (Å²) in [7, 11) is 0. The summed E-state index contributed by atoms with van der Waals surface area (Å²) in [6.07, 6.45) is -1.22. The Balaban J connectivity index is 1.87. The first-order valence-corrected chi connectivity index (χ1v) is 8.02. The highest BCUT2D eigenvalue weighted by molar-refractivity contribution is 5.99. The Kier molecular flexibility index (Phi) is 4.56. The van der Waals surface area contributed by atoms with Gasteiger partial charge in [0.05, 0.1) is 6.61 Å². The predicted molar refractivity (Wildman–Crippen MR) is 75.5 cm³/mol. The van der Waals surface area contributed by atoms with Crippen LogP contribution in [0.25, 0.3) is 0 Å². The van der Waals surface area contributed by atoms with Gasteiger partial charge in [0.1, 0.15) is 18.8 Å². The number of esters is 1. The van der Waals surface area contributed by atoms with Gasteiger partial charge >= 0.3 is 17.7 Å². The summed E-state index contributed by atoms with van der Waals surface area (Å²) >= 11 is 0. The molecule has 2 saturated heterocycles. The molecule has 3 aliphatic rings. The van der Waals surface area contributed by atoms with E-state index < -0.39 is 53.1 Å². The average Bonchev–Trinajstić information content (AvgIpc) is 3.09. The molecule has 4 atom stereocenters. The third kappa shape index (κ3) is 2.92. The molecular weight excluding hydrogens is 342 g/mol. The molecule has 11 nitrogen and oxygen atoms in total. The van der Waals surface area contributed by atoms with Gasteiger partial charge in [-0.15, -0.1) is 10.1 Å². The number of fused-ring (bicyclic) bond motifs is 1. The van der Waals surface area contributed by atoms with Gasteiger partial charge in [-0.05, 0) is 12.8 Å². The maximum atomic E-state index is 12.7. The summed E-state index contributed by atoms with van der Waals surface area (Å²) in [5.41, 5.74) is -1.78. The van der Waals surface area contributed by atoms with Crippen LogP contribution >= 0.6 is 0 Å². The van der Waals surface area contributed by atoms with Gasteiger partial charge < -0.3 is 24.4 Å². The van der Waals surface area contributed by atoms with Crippen LogP contribution in [0.3, 0.4) is 0 Å². The second-order valence-corrected chi connectivity index (χ2v) is 6.56. The first kappa shape index (κ1) is 17.8. The number of hydrogen-bond acceptors (Lipinski definition) is 9. The fraction of sp³-hybridized carbons (Fsp3) is 0.857. The SMILES string of the molecule is O=C(O)C1(C(=O)O[C@@]2(O[N+](=O)[O-])CO[C@@H]3[C@H](O)CO[C@@H]32)CCCCC1. The van der Waals surface area contributed by atoms with Gasteiger partial charge in [0.15, 0.2) is 11.5 Å². The molecular formula is C14H19NO10. The van der Waals surface area contributed by atoms with Crippen molar-refractivity contribution in [2.75, 3.05) is 13.2 Å². The number of ether oxygens (including phenoxy) is 3. The standard InChI is InChI=1S/C14H19NO10/c16-8-6-22-10-9(8)23-7-14(10,25-15(20)21)24-12(19)13(11(17)18)4-2-1-3-5-13/h8-10,16H,1-7H2,(H,17,18)/t8-,9-,10+,14-/m1/s1. The maximum Gasteiger partial charge on any atom is 0.325 e. The number of hydrogen-bond donors (Lipinski definition) is 2. The van der Waals surface area contributed by atoms with Gasteiger partial charge in [-0.2, -0.15) is 0 Å². The molecule has 0 bridgehead atoms. The van der Waals surface area contributed by atoms with E-state index in [-0.39, 0.29) is 19.4 Å². The third-order valence-electron chi connectivity index (χ3n) is 5.04. The summed E-state index contributed by atoms with van der Waals surface area (Å²) in [5.74, 6) is -4.69. The van der Waals surface area contributed by atoms with Crippen molar-refractivity contribution in [2.24, 2.45) is 5.41 Å². The Labute approximate surface area is 141 Å². The predicted octanol–water partition coefficient (Wildman–Crippen LogP) is -0.372. The second kappa shape index (κ2) is 6.39. The number of nitrogens with zero attached hydrogens (tertiary/aromatic N) is 1. The first-order chi connectivity index (χ1) is 11.8. The highest BCUT2D eigenvalue weighted by Gasteiger charge is 2.64. The molecule has 0 radical (unpaired) electrons. The highest BCUT2D eigenvalue weighted by Crippen LogP contribution is 2.43. The topological polar surface area (TPSA) is 155 Å². The van der Waals surface area contributed by atoms with Crippen LogP contribution in [-0.4, -0.2) is 64.6 Å². The lowest BCUT2D eigenvalue weighted by Gasteiger charge is -2.36. The molecule has 3 rings (SSSR count). The van der Waals surface area contributed by atoms with Crippen LogP contribution in [0.15, 0.2) is 0 Å². The van der Waals surface area contributed by atoms with Crippen LogP contribution in [0, 0.1) is 15.5 Å². The van der Waals surface area contributed by atoms with Crippen molar-refractivity contribution in [1.82, 2.24) is 0 Å². The molecule has 0 aromatic carbocycles. The number of carbonyl (C=O) groups is 2. The minimum atomic E-state index is -2.23. The molecule has 11 heteroatoms. The number of carbonyl (C=O) groups excluding carboxylic acids is 1. The van der Waals surface area contributed by atoms with Gasteiger partial charge in [0.2, 0.25) is 0 Å². The first-order valence-electron chi connectivity index (χ1n) is 8.02. The summed E-state index contributed by atoms with van der Waals surface area (Å²) < 4.78 is 15.7. The zero-order valence-corrected chi connectivity index (χ0v) is 13.3. The molecule has 2 N–H and O–H groups in total. The number of aliphatic hydroxyl groups excluding tert-OH is 1. The lowest BCUT2D eigenvalue weighted by molar-refractivity contribution is -0.796. The number of rotatable bonds is 5. The van der Waals surface area contributed by atoms with Crippen molar-refractivity contribution in [1.29, 1.82) is 0 Å². The van der Waals surface area contributed by atoms with E-state index >= 15 is 0 Å². The molecule has 0 spiro atoms. The van der Waals surface area contributed by atoms with E-state index in [2.05, 4.69) is 4.84 Å². The zero-order chi connectivity index (χ0) is 18.2. The Bertz CT molecular complexity index is 574. The van der Waals surface area contributed by atoms with E-state index in [4.69, 9.17) is 14.2 Å². The Morgan fingerprint density at radius 2 is 1.88 bits per heavy atom. The van der Waals surface area contributed by atoms with E-state index in [0.29, 0.717) is 12.8 Å². The van der Waals surface area contributed by atoms with Crippen molar-refractivity contribution < 1.29 is 43.9 Å². The van der Waals surface area contributed by atoms with Gasteiger partial charge in [0.25, 0.3) is 5.09 Å². The number of aliphatic hydroxyl groups is 1. The van der Waals surface area contributed by atoms with E-state index in [1.165, 1.54) is 0 Å². The monoisotopic (exact) mass is 361 g/mol. The van der Waals surface area contributed by atoms with E-state index in [0.717, 1.165) is 6.42 Å². The van der Waals surface area contributed by atoms with Crippen LogP contribution in [0.4, 0.5) is 0 Å². The molecule has 2 heterocycles. The molecule has 140 valence electrons. The molecule has 2 aliphatic heterocycles. The average molecular weight is 361 g/mol. The molecule has 1 saturated carbocycles. The lowest BCUT2D eigenvalue weighted by Crippen LogP contribution is -2.54. The molecule has 25 heavy (non-hydrogen) atoms. The van der Waals surface area contributed by atoms with Gasteiger partial charge in [-0.3, -0.25) is 14.4 Å². The number of carboxylic acid groups (broad SMARTS) is 1. The normalized spacial score (nSPS) is 36.4. The fourth-order valence-corrected chi connectivity index (χ4v) is 3.69. The smallest absolute Gasteiger partial charge is 0.325 e. The van der Waals surface area contributed by atoms with E-state index in [1.807, 2.05) is 0 Å². The summed E-state index contributed by atoms with van der Waals surface area (Å²) in [6, 6.07) is 0. The van der Waals surface area contributed by atoms with Crippen LogP contribution in [0.5, 0.6) is 0 Å². The van der Waals surface area contributed by atoms with Crippen molar-refractivity contribution in [3.63, 3.8) is 0 Å². The minimum Gasteiger partial charge on any atom is -0.480 e. The van der Waals surface area contributed by atoms with Crippen LogP contribution in [-0.2, 0) is 28.6 Å². The zero-order valence-electron chi connectivity index (χ0n) is 13.3. The Hall–Kier alpha value is -1.98. The van der Waals surface area contributed by atoms with Crippen molar-refractivity contribution in [2.45, 2.75) is 56.2 Å². The number of carboxylic acids is 1. The Morgan fingerprint density at radius 1 is 1.20 bits per heavy atom.